The standard InChI is InChI=1S/C17H16ClN3O4S/c1-24-16-9-15(17(25-2)8-14(16)18)20-26(22,23)13-10-19-21(11-13)12-6-4-3-5-7-12/h3-11,20H,1-2H3. The number of ether oxygens (including phenoxy) is 2. The SMILES string of the molecule is COc1cc(NS(=O)(=O)c2cnn(-c3ccccc3)c2)c(OC)cc1Cl. The fraction of sp³-hybridized carbons (Fsp3) is 0.118. The lowest BCUT2D eigenvalue weighted by Gasteiger charge is -2.13. The van der Waals surface area contributed by atoms with Gasteiger partial charge in [0.15, 0.2) is 0 Å². The van der Waals surface area contributed by atoms with Crippen LogP contribution in [-0.2, 0) is 10.0 Å². The zero-order valence-corrected chi connectivity index (χ0v) is 15.6. The first kappa shape index (κ1) is 18.1. The average Bonchev–Trinajstić information content (AvgIpc) is 3.14. The van der Waals surface area contributed by atoms with Crippen molar-refractivity contribution in [2.75, 3.05) is 18.9 Å². The van der Waals surface area contributed by atoms with E-state index in [9.17, 15) is 8.42 Å². The van der Waals surface area contributed by atoms with Gasteiger partial charge in [-0.25, -0.2) is 13.1 Å². The predicted molar refractivity (Wildman–Crippen MR) is 98.9 cm³/mol. The molecule has 1 heterocycles. The fourth-order valence-corrected chi connectivity index (χ4v) is 3.53. The molecular weight excluding hydrogens is 378 g/mol. The topological polar surface area (TPSA) is 82.5 Å². The van der Waals surface area contributed by atoms with E-state index >= 15 is 0 Å². The van der Waals surface area contributed by atoms with Gasteiger partial charge in [0.1, 0.15) is 16.4 Å². The maximum Gasteiger partial charge on any atom is 0.265 e. The molecule has 26 heavy (non-hydrogen) atoms. The number of nitrogens with zero attached hydrogens (tertiary/aromatic N) is 2. The predicted octanol–water partition coefficient (Wildman–Crippen LogP) is 3.34. The molecule has 7 nitrogen and oxygen atoms in total. The number of para-hydroxylation sites is 1. The Bertz CT molecular complexity index is 1020. The van der Waals surface area contributed by atoms with Crippen molar-refractivity contribution < 1.29 is 17.9 Å². The van der Waals surface area contributed by atoms with E-state index in [-0.39, 0.29) is 16.3 Å². The molecule has 0 spiro atoms. The van der Waals surface area contributed by atoms with Crippen LogP contribution in [0.25, 0.3) is 5.69 Å². The van der Waals surface area contributed by atoms with Crippen molar-refractivity contribution in [2.45, 2.75) is 4.90 Å². The number of hydrogen-bond acceptors (Lipinski definition) is 5. The normalized spacial score (nSPS) is 11.2. The third-order valence-electron chi connectivity index (χ3n) is 3.61. The van der Waals surface area contributed by atoms with E-state index in [1.54, 1.807) is 0 Å². The Morgan fingerprint density at radius 3 is 2.42 bits per heavy atom. The van der Waals surface area contributed by atoms with Gasteiger partial charge in [-0.3, -0.25) is 4.72 Å². The number of sulfonamides is 1. The zero-order valence-electron chi connectivity index (χ0n) is 14.0. The van der Waals surface area contributed by atoms with Crippen LogP contribution in [0.3, 0.4) is 0 Å². The number of anilines is 1. The molecule has 1 aromatic heterocycles. The molecule has 1 N–H and O–H groups in total. The first-order valence-corrected chi connectivity index (χ1v) is 9.35. The van der Waals surface area contributed by atoms with Crippen LogP contribution in [0.1, 0.15) is 0 Å². The average molecular weight is 394 g/mol. The summed E-state index contributed by atoms with van der Waals surface area (Å²) in [5, 5.41) is 4.41. The highest BCUT2D eigenvalue weighted by atomic mass is 35.5. The summed E-state index contributed by atoms with van der Waals surface area (Å²) < 4.78 is 39.7. The van der Waals surface area contributed by atoms with Gasteiger partial charge in [-0.1, -0.05) is 29.8 Å². The van der Waals surface area contributed by atoms with Gasteiger partial charge in [-0.15, -0.1) is 0 Å². The summed E-state index contributed by atoms with van der Waals surface area (Å²) >= 11 is 6.04. The highest BCUT2D eigenvalue weighted by Crippen LogP contribution is 2.36. The maximum atomic E-state index is 12.7. The second-order valence-electron chi connectivity index (χ2n) is 5.25. The van der Waals surface area contributed by atoms with Crippen LogP contribution in [0.2, 0.25) is 5.02 Å². The zero-order chi connectivity index (χ0) is 18.7. The Hall–Kier alpha value is -2.71. The van der Waals surface area contributed by atoms with Crippen molar-refractivity contribution in [3.8, 4) is 17.2 Å². The van der Waals surface area contributed by atoms with Gasteiger partial charge in [0.2, 0.25) is 0 Å². The van der Waals surface area contributed by atoms with Crippen molar-refractivity contribution in [3.05, 3.63) is 59.9 Å². The second kappa shape index (κ2) is 7.27. The van der Waals surface area contributed by atoms with Gasteiger partial charge >= 0.3 is 0 Å². The summed E-state index contributed by atoms with van der Waals surface area (Å²) in [6, 6.07) is 12.1. The summed E-state index contributed by atoms with van der Waals surface area (Å²) in [4.78, 5) is 0.0114. The summed E-state index contributed by atoms with van der Waals surface area (Å²) in [5.74, 6) is 0.597. The molecule has 136 valence electrons. The monoisotopic (exact) mass is 393 g/mol. The van der Waals surface area contributed by atoms with E-state index in [0.717, 1.165) is 5.69 Å². The Morgan fingerprint density at radius 2 is 1.77 bits per heavy atom. The lowest BCUT2D eigenvalue weighted by atomic mass is 10.3. The largest absolute Gasteiger partial charge is 0.495 e. The summed E-state index contributed by atoms with van der Waals surface area (Å²) in [6.45, 7) is 0. The van der Waals surface area contributed by atoms with Gasteiger partial charge in [0.05, 0.1) is 43.0 Å². The van der Waals surface area contributed by atoms with E-state index in [1.807, 2.05) is 30.3 Å². The molecule has 0 saturated heterocycles. The van der Waals surface area contributed by atoms with Gasteiger partial charge < -0.3 is 9.47 Å². The third-order valence-corrected chi connectivity index (χ3v) is 5.22. The van der Waals surface area contributed by atoms with Crippen molar-refractivity contribution in [3.63, 3.8) is 0 Å². The molecule has 2 aromatic carbocycles. The number of rotatable bonds is 6. The number of halogens is 1. The van der Waals surface area contributed by atoms with Crippen LogP contribution in [0, 0.1) is 0 Å². The molecule has 0 amide bonds. The van der Waals surface area contributed by atoms with Crippen LogP contribution in [0.15, 0.2) is 59.8 Å². The summed E-state index contributed by atoms with van der Waals surface area (Å²) in [6.07, 6.45) is 2.70. The fourth-order valence-electron chi connectivity index (χ4n) is 2.31. The molecule has 0 bridgehead atoms. The minimum absolute atomic E-state index is 0.0114. The molecule has 3 rings (SSSR count). The minimum atomic E-state index is -3.88. The van der Waals surface area contributed by atoms with Gasteiger partial charge in [-0.05, 0) is 12.1 Å². The van der Waals surface area contributed by atoms with Crippen LogP contribution < -0.4 is 14.2 Å². The van der Waals surface area contributed by atoms with Crippen molar-refractivity contribution in [1.29, 1.82) is 0 Å². The molecule has 0 atom stereocenters. The smallest absolute Gasteiger partial charge is 0.265 e. The lowest BCUT2D eigenvalue weighted by molar-refractivity contribution is 0.405. The van der Waals surface area contributed by atoms with E-state index in [2.05, 4.69) is 9.82 Å². The van der Waals surface area contributed by atoms with Gasteiger partial charge in [0.25, 0.3) is 10.0 Å². The quantitative estimate of drug-likeness (QED) is 0.694. The molecule has 0 aliphatic rings. The number of aromatic nitrogens is 2. The van der Waals surface area contributed by atoms with E-state index in [4.69, 9.17) is 21.1 Å². The lowest BCUT2D eigenvalue weighted by Crippen LogP contribution is -2.13. The maximum absolute atomic E-state index is 12.7. The van der Waals surface area contributed by atoms with Gasteiger partial charge in [-0.2, -0.15) is 5.10 Å². The number of benzene rings is 2. The Balaban J connectivity index is 1.94. The summed E-state index contributed by atoms with van der Waals surface area (Å²) in [7, 11) is -1.02. The molecular formula is C17H16ClN3O4S. The molecule has 0 aliphatic carbocycles. The highest BCUT2D eigenvalue weighted by Gasteiger charge is 2.20. The number of methoxy groups -OCH3 is 2. The van der Waals surface area contributed by atoms with Crippen molar-refractivity contribution in [1.82, 2.24) is 9.78 Å². The molecule has 3 aromatic rings. The van der Waals surface area contributed by atoms with E-state index < -0.39 is 10.0 Å². The second-order valence-corrected chi connectivity index (χ2v) is 7.34. The number of hydrogen-bond donors (Lipinski definition) is 1. The Kier molecular flexibility index (Phi) is 5.06. The Labute approximate surface area is 156 Å². The summed E-state index contributed by atoms with van der Waals surface area (Å²) in [5.41, 5.74) is 0.959. The van der Waals surface area contributed by atoms with E-state index in [0.29, 0.717) is 10.8 Å². The molecule has 0 unspecified atom stereocenters. The number of nitrogens with one attached hydrogen (secondary N) is 1. The van der Waals surface area contributed by atoms with E-state index in [1.165, 1.54) is 43.4 Å². The van der Waals surface area contributed by atoms with Gasteiger partial charge in [0, 0.05) is 12.1 Å². The highest BCUT2D eigenvalue weighted by molar-refractivity contribution is 7.92. The molecule has 0 fully saturated rings. The van der Waals surface area contributed by atoms with Crippen LogP contribution >= 0.6 is 11.6 Å². The Morgan fingerprint density at radius 1 is 1.08 bits per heavy atom. The van der Waals surface area contributed by atoms with Crippen molar-refractivity contribution >= 4 is 27.3 Å². The van der Waals surface area contributed by atoms with Crippen LogP contribution in [0.5, 0.6) is 11.5 Å². The molecule has 9 heteroatoms. The first-order valence-electron chi connectivity index (χ1n) is 7.49. The van der Waals surface area contributed by atoms with Crippen LogP contribution in [-0.4, -0.2) is 32.4 Å². The molecule has 0 aliphatic heterocycles. The van der Waals surface area contributed by atoms with Crippen LogP contribution in [0.4, 0.5) is 5.69 Å². The first-order chi connectivity index (χ1) is 12.4. The molecule has 0 saturated carbocycles. The third kappa shape index (κ3) is 3.61. The minimum Gasteiger partial charge on any atom is -0.495 e. The van der Waals surface area contributed by atoms with Crippen molar-refractivity contribution in [2.24, 2.45) is 0 Å². The molecule has 0 radical (unpaired) electrons.